The van der Waals surface area contributed by atoms with Gasteiger partial charge < -0.3 is 5.11 Å². The Morgan fingerprint density at radius 1 is 1.25 bits per heavy atom. The molecule has 1 aromatic carbocycles. The summed E-state index contributed by atoms with van der Waals surface area (Å²) in [6.45, 7) is 3.87. The Morgan fingerprint density at radius 3 is 2.30 bits per heavy atom. The van der Waals surface area contributed by atoms with E-state index in [9.17, 15) is 9.18 Å². The quantitative estimate of drug-likeness (QED) is 0.866. The minimum absolute atomic E-state index is 0.0426. The van der Waals surface area contributed by atoms with E-state index >= 15 is 0 Å². The van der Waals surface area contributed by atoms with Crippen LogP contribution in [0.3, 0.4) is 0 Å². The van der Waals surface area contributed by atoms with Crippen molar-refractivity contribution in [2.75, 3.05) is 0 Å². The van der Waals surface area contributed by atoms with E-state index < -0.39 is 5.97 Å². The second kappa shape index (κ2) is 5.94. The van der Waals surface area contributed by atoms with Crippen molar-refractivity contribution in [1.29, 1.82) is 0 Å². The van der Waals surface area contributed by atoms with Crippen molar-refractivity contribution in [2.24, 2.45) is 5.41 Å². The van der Waals surface area contributed by atoms with Gasteiger partial charge in [0.2, 0.25) is 0 Å². The van der Waals surface area contributed by atoms with Crippen molar-refractivity contribution in [2.45, 2.75) is 58.8 Å². The largest absolute Gasteiger partial charge is 0.481 e. The molecule has 0 heterocycles. The van der Waals surface area contributed by atoms with Crippen LogP contribution < -0.4 is 0 Å². The molecule has 1 aromatic rings. The predicted octanol–water partition coefficient (Wildman–Crippen LogP) is 4.41. The fourth-order valence-electron chi connectivity index (χ4n) is 3.69. The van der Waals surface area contributed by atoms with Crippen LogP contribution in [0.15, 0.2) is 12.1 Å². The number of rotatable bonds is 5. The van der Waals surface area contributed by atoms with Gasteiger partial charge in [0, 0.05) is 0 Å². The highest BCUT2D eigenvalue weighted by atomic mass is 19.1. The maximum Gasteiger partial charge on any atom is 0.303 e. The first-order valence-corrected chi connectivity index (χ1v) is 7.39. The van der Waals surface area contributed by atoms with Crippen LogP contribution >= 0.6 is 0 Å². The van der Waals surface area contributed by atoms with Crippen molar-refractivity contribution < 1.29 is 14.3 Å². The second-order valence-corrected chi connectivity index (χ2v) is 6.30. The lowest BCUT2D eigenvalue weighted by Gasteiger charge is -2.27. The lowest BCUT2D eigenvalue weighted by atomic mass is 9.77. The van der Waals surface area contributed by atoms with Gasteiger partial charge in [0.15, 0.2) is 0 Å². The number of carboxylic acid groups (broad SMARTS) is 1. The Balaban J connectivity index is 2.12. The third kappa shape index (κ3) is 3.38. The molecule has 0 amide bonds. The third-order valence-electron chi connectivity index (χ3n) is 4.76. The van der Waals surface area contributed by atoms with E-state index in [0.29, 0.717) is 0 Å². The van der Waals surface area contributed by atoms with Crippen molar-refractivity contribution in [3.63, 3.8) is 0 Å². The minimum Gasteiger partial charge on any atom is -0.481 e. The van der Waals surface area contributed by atoms with Crippen molar-refractivity contribution in [1.82, 2.24) is 0 Å². The molecule has 110 valence electrons. The molecule has 1 aliphatic rings. The summed E-state index contributed by atoms with van der Waals surface area (Å²) in [4.78, 5) is 11.1. The third-order valence-corrected chi connectivity index (χ3v) is 4.76. The Hall–Kier alpha value is -1.38. The Morgan fingerprint density at radius 2 is 1.80 bits per heavy atom. The van der Waals surface area contributed by atoms with Gasteiger partial charge in [-0.05, 0) is 73.8 Å². The summed E-state index contributed by atoms with van der Waals surface area (Å²) in [5.41, 5.74) is 3.10. The van der Waals surface area contributed by atoms with Gasteiger partial charge in [0.05, 0.1) is 6.42 Å². The average molecular weight is 278 g/mol. The van der Waals surface area contributed by atoms with Crippen LogP contribution in [-0.4, -0.2) is 11.1 Å². The first-order valence-electron chi connectivity index (χ1n) is 7.39. The number of hydrogen-bond acceptors (Lipinski definition) is 1. The van der Waals surface area contributed by atoms with Crippen molar-refractivity contribution in [3.8, 4) is 0 Å². The van der Waals surface area contributed by atoms with Gasteiger partial charge in [0.25, 0.3) is 0 Å². The van der Waals surface area contributed by atoms with E-state index in [1.165, 1.54) is 5.56 Å². The number of hydrogen-bond donors (Lipinski definition) is 1. The number of carbonyl (C=O) groups is 1. The van der Waals surface area contributed by atoms with Crippen molar-refractivity contribution >= 4 is 5.97 Å². The van der Waals surface area contributed by atoms with Gasteiger partial charge in [-0.2, -0.15) is 0 Å². The van der Waals surface area contributed by atoms with E-state index in [2.05, 4.69) is 0 Å². The molecule has 1 aliphatic carbocycles. The van der Waals surface area contributed by atoms with Gasteiger partial charge in [0.1, 0.15) is 5.82 Å². The maximum atomic E-state index is 13.3. The standard InChI is InChI=1S/C17H23FO2/c1-12-9-14(18)10-13(2)15(12)5-8-17(11-16(19)20)6-3-4-7-17/h9-10H,3-8,11H2,1-2H3,(H,19,20). The Labute approximate surface area is 120 Å². The monoisotopic (exact) mass is 278 g/mol. The number of aliphatic carboxylic acids is 1. The normalized spacial score (nSPS) is 17.4. The highest BCUT2D eigenvalue weighted by Crippen LogP contribution is 2.45. The molecule has 2 nitrogen and oxygen atoms in total. The molecule has 0 aromatic heterocycles. The summed E-state index contributed by atoms with van der Waals surface area (Å²) in [7, 11) is 0. The molecule has 1 saturated carbocycles. The molecule has 0 aliphatic heterocycles. The zero-order chi connectivity index (χ0) is 14.8. The fourth-order valence-corrected chi connectivity index (χ4v) is 3.69. The van der Waals surface area contributed by atoms with Gasteiger partial charge in [-0.1, -0.05) is 12.8 Å². The fraction of sp³-hybridized carbons (Fsp3) is 0.588. The van der Waals surface area contributed by atoms with Gasteiger partial charge in [-0.15, -0.1) is 0 Å². The summed E-state index contributed by atoms with van der Waals surface area (Å²) in [6.07, 6.45) is 6.31. The zero-order valence-electron chi connectivity index (χ0n) is 12.3. The molecule has 0 atom stereocenters. The number of benzene rings is 1. The van der Waals surface area contributed by atoms with Crippen LogP contribution in [0.2, 0.25) is 0 Å². The summed E-state index contributed by atoms with van der Waals surface area (Å²) >= 11 is 0. The minimum atomic E-state index is -0.695. The van der Waals surface area contributed by atoms with Crippen LogP contribution in [0.1, 0.15) is 55.2 Å². The van der Waals surface area contributed by atoms with Crippen LogP contribution in [-0.2, 0) is 11.2 Å². The lowest BCUT2D eigenvalue weighted by molar-refractivity contribution is -0.139. The molecule has 1 N–H and O–H groups in total. The predicted molar refractivity (Wildman–Crippen MR) is 77.3 cm³/mol. The summed E-state index contributed by atoms with van der Waals surface area (Å²) in [5, 5.41) is 9.13. The highest BCUT2D eigenvalue weighted by Gasteiger charge is 2.35. The molecular weight excluding hydrogens is 255 g/mol. The Kier molecular flexibility index (Phi) is 4.46. The van der Waals surface area contributed by atoms with Gasteiger partial charge in [-0.3, -0.25) is 4.79 Å². The van der Waals surface area contributed by atoms with E-state index in [1.807, 2.05) is 13.8 Å². The molecule has 0 spiro atoms. The maximum absolute atomic E-state index is 13.3. The summed E-state index contributed by atoms with van der Waals surface area (Å²) in [5.74, 6) is -0.885. The Bertz CT molecular complexity index is 479. The molecule has 1 fully saturated rings. The number of halogens is 1. The molecule has 3 heteroatoms. The van der Waals surface area contributed by atoms with E-state index in [4.69, 9.17) is 5.11 Å². The first kappa shape index (κ1) is 15.0. The number of carboxylic acids is 1. The van der Waals surface area contributed by atoms with Gasteiger partial charge >= 0.3 is 5.97 Å². The van der Waals surface area contributed by atoms with E-state index in [1.54, 1.807) is 12.1 Å². The van der Waals surface area contributed by atoms with Crippen LogP contribution in [0.4, 0.5) is 4.39 Å². The van der Waals surface area contributed by atoms with Crippen LogP contribution in [0, 0.1) is 25.1 Å². The molecule has 0 radical (unpaired) electrons. The zero-order valence-corrected chi connectivity index (χ0v) is 12.3. The molecule has 2 rings (SSSR count). The smallest absolute Gasteiger partial charge is 0.303 e. The SMILES string of the molecule is Cc1cc(F)cc(C)c1CCC1(CC(=O)O)CCCC1. The highest BCUT2D eigenvalue weighted by molar-refractivity contribution is 5.67. The van der Waals surface area contributed by atoms with Crippen LogP contribution in [0.5, 0.6) is 0 Å². The van der Waals surface area contributed by atoms with Gasteiger partial charge in [-0.25, -0.2) is 4.39 Å². The molecule has 0 unspecified atom stereocenters. The molecule has 0 saturated heterocycles. The van der Waals surface area contributed by atoms with Crippen LogP contribution in [0.25, 0.3) is 0 Å². The second-order valence-electron chi connectivity index (χ2n) is 6.30. The van der Waals surface area contributed by atoms with Crippen molar-refractivity contribution in [3.05, 3.63) is 34.6 Å². The summed E-state index contributed by atoms with van der Waals surface area (Å²) < 4.78 is 13.3. The first-order chi connectivity index (χ1) is 9.42. The molecule has 20 heavy (non-hydrogen) atoms. The number of aryl methyl sites for hydroxylation is 2. The molecular formula is C17H23FO2. The average Bonchev–Trinajstić information content (AvgIpc) is 2.75. The summed E-state index contributed by atoms with van der Waals surface area (Å²) in [6, 6.07) is 3.14. The van der Waals surface area contributed by atoms with E-state index in [-0.39, 0.29) is 17.7 Å². The topological polar surface area (TPSA) is 37.3 Å². The van der Waals surface area contributed by atoms with E-state index in [0.717, 1.165) is 49.7 Å². The molecule has 0 bridgehead atoms. The lowest BCUT2D eigenvalue weighted by Crippen LogP contribution is -2.22.